The van der Waals surface area contributed by atoms with E-state index in [2.05, 4.69) is 15.4 Å². The van der Waals surface area contributed by atoms with Crippen molar-refractivity contribution >= 4 is 21.6 Å². The van der Waals surface area contributed by atoms with Gasteiger partial charge in [0, 0.05) is 25.1 Å². The number of aromatic nitrogens is 3. The van der Waals surface area contributed by atoms with E-state index >= 15 is 0 Å². The Labute approximate surface area is 196 Å². The van der Waals surface area contributed by atoms with Crippen LogP contribution in [-0.4, -0.2) is 42.0 Å². The van der Waals surface area contributed by atoms with Crippen LogP contribution in [0.2, 0.25) is 0 Å². The van der Waals surface area contributed by atoms with Crippen LogP contribution in [-0.2, 0) is 16.3 Å². The Morgan fingerprint density at radius 1 is 1.21 bits per heavy atom. The van der Waals surface area contributed by atoms with Gasteiger partial charge < -0.3 is 5.32 Å². The number of halogens is 2. The van der Waals surface area contributed by atoms with Crippen LogP contribution in [0.5, 0.6) is 0 Å². The molecule has 11 heteroatoms. The molecule has 0 bridgehead atoms. The molecule has 1 N–H and O–H groups in total. The maximum atomic E-state index is 14.4. The van der Waals surface area contributed by atoms with Gasteiger partial charge in [0.05, 0.1) is 23.6 Å². The Morgan fingerprint density at radius 3 is 2.71 bits per heavy atom. The van der Waals surface area contributed by atoms with Gasteiger partial charge in [0.1, 0.15) is 11.5 Å². The zero-order valence-electron chi connectivity index (χ0n) is 18.8. The fourth-order valence-corrected chi connectivity index (χ4v) is 4.71. The number of nitrogens with one attached hydrogen (secondary N) is 1. The Balaban J connectivity index is 1.61. The molecule has 0 aliphatic carbocycles. The molecule has 1 atom stereocenters. The van der Waals surface area contributed by atoms with E-state index in [0.29, 0.717) is 42.8 Å². The molecule has 2 aromatic heterocycles. The van der Waals surface area contributed by atoms with Gasteiger partial charge in [-0.15, -0.1) is 0 Å². The zero-order valence-corrected chi connectivity index (χ0v) is 19.6. The second-order valence-corrected chi connectivity index (χ2v) is 10.2. The van der Waals surface area contributed by atoms with E-state index in [1.54, 1.807) is 11.0 Å². The molecule has 1 aliphatic rings. The van der Waals surface area contributed by atoms with Crippen molar-refractivity contribution in [1.82, 2.24) is 20.1 Å². The molecule has 34 heavy (non-hydrogen) atoms. The van der Waals surface area contributed by atoms with Crippen LogP contribution in [0.3, 0.4) is 0 Å². The number of carbonyl (C=O) groups excluding carboxylic acids is 1. The van der Waals surface area contributed by atoms with Gasteiger partial charge >= 0.3 is 6.03 Å². The molecule has 0 unspecified atom stereocenters. The van der Waals surface area contributed by atoms with E-state index in [1.807, 2.05) is 6.92 Å². The Hall–Kier alpha value is -3.34. The summed E-state index contributed by atoms with van der Waals surface area (Å²) in [5, 5.41) is 7.20. The number of pyridine rings is 1. The summed E-state index contributed by atoms with van der Waals surface area (Å²) in [7, 11) is -3.49. The molecule has 0 saturated heterocycles. The standard InChI is InChI=1S/C23H25F2N5O3S/c1-3-5-18(15-9-10-26-22(12-15)34(2,32)33)28-23(31)29-11-4-6-20-21(29)14-27-30(20)19-8-7-16(24)13-17(19)25/h7-10,12-14,18H,3-6,11H2,1-2H3,(H,28,31)/t18-/m0/s1. The van der Waals surface area contributed by atoms with Crippen LogP contribution in [0.4, 0.5) is 19.3 Å². The summed E-state index contributed by atoms with van der Waals surface area (Å²) in [4.78, 5) is 18.7. The fourth-order valence-electron chi connectivity index (χ4n) is 4.10. The Bertz CT molecular complexity index is 1330. The summed E-state index contributed by atoms with van der Waals surface area (Å²) in [5.74, 6) is -1.42. The average Bonchev–Trinajstić information content (AvgIpc) is 3.22. The molecule has 8 nitrogen and oxygen atoms in total. The largest absolute Gasteiger partial charge is 0.331 e. The van der Waals surface area contributed by atoms with Crippen LogP contribution in [0, 0.1) is 11.6 Å². The van der Waals surface area contributed by atoms with Gasteiger partial charge in [-0.3, -0.25) is 4.90 Å². The summed E-state index contributed by atoms with van der Waals surface area (Å²) in [6.07, 6.45) is 6.58. The number of amides is 2. The van der Waals surface area contributed by atoms with Crippen molar-refractivity contribution in [3.63, 3.8) is 0 Å². The maximum Gasteiger partial charge on any atom is 0.322 e. The minimum absolute atomic E-state index is 0.0526. The van der Waals surface area contributed by atoms with Crippen LogP contribution in [0.25, 0.3) is 5.69 Å². The summed E-state index contributed by atoms with van der Waals surface area (Å²) in [6.45, 7) is 2.41. The normalized spacial score (nSPS) is 14.5. The number of hydrogen-bond acceptors (Lipinski definition) is 5. The maximum absolute atomic E-state index is 14.4. The molecule has 4 rings (SSSR count). The first kappa shape index (κ1) is 23.8. The van der Waals surface area contributed by atoms with Crippen molar-refractivity contribution in [3.8, 4) is 5.69 Å². The van der Waals surface area contributed by atoms with Crippen LogP contribution < -0.4 is 10.2 Å². The zero-order chi connectivity index (χ0) is 24.5. The quantitative estimate of drug-likeness (QED) is 0.566. The SMILES string of the molecule is CCC[C@H](NC(=O)N1CCCc2c1cnn2-c1ccc(F)cc1F)c1ccnc(S(C)(=O)=O)c1. The number of nitrogens with zero attached hydrogens (tertiary/aromatic N) is 4. The third kappa shape index (κ3) is 4.79. The third-order valence-corrected chi connectivity index (χ3v) is 6.72. The monoisotopic (exact) mass is 489 g/mol. The highest BCUT2D eigenvalue weighted by Crippen LogP contribution is 2.31. The first-order chi connectivity index (χ1) is 16.2. The van der Waals surface area contributed by atoms with Gasteiger partial charge in [-0.1, -0.05) is 13.3 Å². The topological polar surface area (TPSA) is 97.2 Å². The molecular weight excluding hydrogens is 464 g/mol. The van der Waals surface area contributed by atoms with Crippen molar-refractivity contribution in [2.45, 2.75) is 43.7 Å². The number of rotatable bonds is 6. The van der Waals surface area contributed by atoms with Crippen molar-refractivity contribution in [1.29, 1.82) is 0 Å². The Morgan fingerprint density at radius 2 is 2.00 bits per heavy atom. The average molecular weight is 490 g/mol. The molecule has 0 spiro atoms. The Kier molecular flexibility index (Phi) is 6.65. The molecule has 0 fully saturated rings. The molecule has 3 heterocycles. The predicted octanol–water partition coefficient (Wildman–Crippen LogP) is 3.95. The third-order valence-electron chi connectivity index (χ3n) is 5.73. The van der Waals surface area contributed by atoms with Crippen LogP contribution in [0.1, 0.15) is 43.5 Å². The molecule has 2 amide bonds. The lowest BCUT2D eigenvalue weighted by atomic mass is 10.0. The highest BCUT2D eigenvalue weighted by Gasteiger charge is 2.29. The molecule has 3 aromatic rings. The van der Waals surface area contributed by atoms with Crippen molar-refractivity contribution < 1.29 is 22.0 Å². The lowest BCUT2D eigenvalue weighted by Gasteiger charge is -2.30. The molecule has 0 saturated carbocycles. The molecule has 0 radical (unpaired) electrons. The minimum Gasteiger partial charge on any atom is -0.331 e. The number of anilines is 1. The summed E-state index contributed by atoms with van der Waals surface area (Å²) in [5.41, 5.74) is 1.96. The number of urea groups is 1. The summed E-state index contributed by atoms with van der Waals surface area (Å²) >= 11 is 0. The van der Waals surface area contributed by atoms with E-state index in [-0.39, 0.29) is 16.7 Å². The molecule has 1 aromatic carbocycles. The van der Waals surface area contributed by atoms with E-state index in [4.69, 9.17) is 0 Å². The summed E-state index contributed by atoms with van der Waals surface area (Å²) in [6, 6.07) is 5.66. The summed E-state index contributed by atoms with van der Waals surface area (Å²) < 4.78 is 52.9. The first-order valence-electron chi connectivity index (χ1n) is 11.0. The van der Waals surface area contributed by atoms with E-state index in [0.717, 1.165) is 24.8 Å². The lowest BCUT2D eigenvalue weighted by molar-refractivity contribution is 0.241. The van der Waals surface area contributed by atoms with E-state index < -0.39 is 27.5 Å². The van der Waals surface area contributed by atoms with Gasteiger partial charge in [-0.25, -0.2) is 31.7 Å². The fraction of sp³-hybridized carbons (Fsp3) is 0.348. The number of benzene rings is 1. The number of fused-ring (bicyclic) bond motifs is 1. The molecular formula is C23H25F2N5O3S. The lowest BCUT2D eigenvalue weighted by Crippen LogP contribution is -2.44. The number of carbonyl (C=O) groups is 1. The van der Waals surface area contributed by atoms with E-state index in [9.17, 15) is 22.0 Å². The van der Waals surface area contributed by atoms with Gasteiger partial charge in [0.25, 0.3) is 0 Å². The first-order valence-corrected chi connectivity index (χ1v) is 12.8. The predicted molar refractivity (Wildman–Crippen MR) is 123 cm³/mol. The van der Waals surface area contributed by atoms with Crippen molar-refractivity contribution in [3.05, 3.63) is 65.6 Å². The highest BCUT2D eigenvalue weighted by molar-refractivity contribution is 7.90. The van der Waals surface area contributed by atoms with Crippen LogP contribution in [0.15, 0.2) is 47.8 Å². The van der Waals surface area contributed by atoms with Gasteiger partial charge in [-0.2, -0.15) is 5.10 Å². The van der Waals surface area contributed by atoms with Gasteiger partial charge in [0.15, 0.2) is 20.7 Å². The minimum atomic E-state index is -3.49. The van der Waals surface area contributed by atoms with Gasteiger partial charge in [-0.05, 0) is 49.1 Å². The van der Waals surface area contributed by atoms with Gasteiger partial charge in [0.2, 0.25) is 0 Å². The number of hydrogen-bond donors (Lipinski definition) is 1. The second-order valence-electron chi connectivity index (χ2n) is 8.23. The van der Waals surface area contributed by atoms with E-state index in [1.165, 1.54) is 29.2 Å². The smallest absolute Gasteiger partial charge is 0.322 e. The molecule has 1 aliphatic heterocycles. The highest BCUT2D eigenvalue weighted by atomic mass is 32.2. The number of sulfone groups is 1. The van der Waals surface area contributed by atoms with Crippen molar-refractivity contribution in [2.24, 2.45) is 0 Å². The van der Waals surface area contributed by atoms with Crippen LogP contribution >= 0.6 is 0 Å². The van der Waals surface area contributed by atoms with Crippen molar-refractivity contribution in [2.75, 3.05) is 17.7 Å². The molecule has 180 valence electrons. The second kappa shape index (κ2) is 9.49.